The maximum absolute atomic E-state index is 14.0. The molecule has 4 nitrogen and oxygen atoms in total. The Balaban J connectivity index is 1.94. The van der Waals surface area contributed by atoms with E-state index in [1.807, 2.05) is 38.1 Å². The molecule has 1 heterocycles. The lowest BCUT2D eigenvalue weighted by Crippen LogP contribution is -2.14. The third-order valence-electron chi connectivity index (χ3n) is 3.27. The normalized spacial score (nSPS) is 10.8. The molecule has 0 fully saturated rings. The molecular formula is C15H20FN3O. The molecule has 0 radical (unpaired) electrons. The maximum atomic E-state index is 14.0. The Hall–Kier alpha value is -1.88. The first-order chi connectivity index (χ1) is 9.65. The molecule has 1 aromatic carbocycles. The summed E-state index contributed by atoms with van der Waals surface area (Å²) in [4.78, 5) is 0. The van der Waals surface area contributed by atoms with E-state index >= 15 is 0 Å². The topological polar surface area (TPSA) is 39.1 Å². The molecule has 0 aliphatic heterocycles. The molecular weight excluding hydrogens is 257 g/mol. The average molecular weight is 277 g/mol. The maximum Gasteiger partial charge on any atom is 0.216 e. The van der Waals surface area contributed by atoms with Crippen molar-refractivity contribution in [2.75, 3.05) is 7.11 Å². The molecule has 2 rings (SSSR count). The van der Waals surface area contributed by atoms with E-state index in [1.165, 1.54) is 4.68 Å². The van der Waals surface area contributed by atoms with E-state index in [4.69, 9.17) is 4.74 Å². The van der Waals surface area contributed by atoms with Gasteiger partial charge in [-0.25, -0.2) is 4.68 Å². The highest BCUT2D eigenvalue weighted by atomic mass is 19.1. The van der Waals surface area contributed by atoms with Gasteiger partial charge in [-0.1, -0.05) is 12.1 Å². The lowest BCUT2D eigenvalue weighted by Gasteiger charge is -2.06. The zero-order chi connectivity index (χ0) is 14.5. The minimum absolute atomic E-state index is 0.243. The molecule has 0 saturated carbocycles. The first-order valence-corrected chi connectivity index (χ1v) is 6.71. The summed E-state index contributed by atoms with van der Waals surface area (Å²) in [6, 6.07) is 7.81. The van der Waals surface area contributed by atoms with E-state index in [9.17, 15) is 4.39 Å². The van der Waals surface area contributed by atoms with Crippen molar-refractivity contribution in [2.24, 2.45) is 0 Å². The Kier molecular flexibility index (Phi) is 4.74. The molecule has 108 valence electrons. The summed E-state index contributed by atoms with van der Waals surface area (Å²) < 4.78 is 20.5. The van der Waals surface area contributed by atoms with Crippen molar-refractivity contribution >= 4 is 0 Å². The Labute approximate surface area is 118 Å². The molecule has 0 bridgehead atoms. The number of halogens is 1. The van der Waals surface area contributed by atoms with Gasteiger partial charge in [0, 0.05) is 25.2 Å². The Morgan fingerprint density at radius 2 is 1.95 bits per heavy atom. The number of benzene rings is 1. The van der Waals surface area contributed by atoms with Crippen LogP contribution in [-0.4, -0.2) is 16.9 Å². The predicted octanol–water partition coefficient (Wildman–Crippen LogP) is 2.65. The molecule has 2 aromatic rings. The van der Waals surface area contributed by atoms with Crippen LogP contribution in [0.5, 0.6) is 5.75 Å². The van der Waals surface area contributed by atoms with Gasteiger partial charge in [0.1, 0.15) is 5.75 Å². The SMILES string of the molecule is CCn1nc(C)c(CNCc2ccc(OC)cc2)c1F. The predicted molar refractivity (Wildman–Crippen MR) is 76.1 cm³/mol. The molecule has 1 N–H and O–H groups in total. The highest BCUT2D eigenvalue weighted by Gasteiger charge is 2.13. The van der Waals surface area contributed by atoms with Crippen LogP contribution in [0.4, 0.5) is 4.39 Å². The van der Waals surface area contributed by atoms with Gasteiger partial charge in [-0.05, 0) is 31.5 Å². The van der Waals surface area contributed by atoms with Gasteiger partial charge in [-0.2, -0.15) is 9.49 Å². The fourth-order valence-corrected chi connectivity index (χ4v) is 2.08. The third-order valence-corrected chi connectivity index (χ3v) is 3.27. The van der Waals surface area contributed by atoms with Crippen molar-refractivity contribution in [1.29, 1.82) is 0 Å². The zero-order valence-electron chi connectivity index (χ0n) is 12.1. The average Bonchev–Trinajstić information content (AvgIpc) is 2.75. The van der Waals surface area contributed by atoms with Crippen LogP contribution in [-0.2, 0) is 19.6 Å². The molecule has 0 atom stereocenters. The van der Waals surface area contributed by atoms with Crippen LogP contribution in [0.3, 0.4) is 0 Å². The summed E-state index contributed by atoms with van der Waals surface area (Å²) in [5, 5.41) is 7.40. The van der Waals surface area contributed by atoms with Crippen LogP contribution in [0, 0.1) is 12.9 Å². The summed E-state index contributed by atoms with van der Waals surface area (Å²) in [6.45, 7) is 5.42. The molecule has 1 aromatic heterocycles. The second-order valence-electron chi connectivity index (χ2n) is 4.62. The number of methoxy groups -OCH3 is 1. The zero-order valence-corrected chi connectivity index (χ0v) is 12.1. The van der Waals surface area contributed by atoms with Gasteiger partial charge < -0.3 is 10.1 Å². The van der Waals surface area contributed by atoms with Gasteiger partial charge >= 0.3 is 0 Å². The standard InChI is InChI=1S/C15H20FN3O/c1-4-19-15(16)14(11(2)18-19)10-17-9-12-5-7-13(20-3)8-6-12/h5-8,17H,4,9-10H2,1-3H3. The first kappa shape index (κ1) is 14.5. The molecule has 0 aliphatic carbocycles. The number of hydrogen-bond donors (Lipinski definition) is 1. The molecule has 5 heteroatoms. The quantitative estimate of drug-likeness (QED) is 0.882. The second-order valence-corrected chi connectivity index (χ2v) is 4.62. The fraction of sp³-hybridized carbons (Fsp3) is 0.400. The first-order valence-electron chi connectivity index (χ1n) is 6.71. The van der Waals surface area contributed by atoms with Gasteiger partial charge in [0.2, 0.25) is 5.95 Å². The van der Waals surface area contributed by atoms with Crippen LogP contribution in [0.25, 0.3) is 0 Å². The van der Waals surface area contributed by atoms with E-state index in [0.717, 1.165) is 17.0 Å². The van der Waals surface area contributed by atoms with Crippen molar-refractivity contribution in [1.82, 2.24) is 15.1 Å². The van der Waals surface area contributed by atoms with Gasteiger partial charge in [-0.15, -0.1) is 0 Å². The fourth-order valence-electron chi connectivity index (χ4n) is 2.08. The van der Waals surface area contributed by atoms with Crippen molar-refractivity contribution in [2.45, 2.75) is 33.5 Å². The molecule has 0 saturated heterocycles. The summed E-state index contributed by atoms with van der Waals surface area (Å²) in [7, 11) is 1.64. The lowest BCUT2D eigenvalue weighted by molar-refractivity contribution is 0.414. The third kappa shape index (κ3) is 3.17. The second kappa shape index (κ2) is 6.52. The summed E-state index contributed by atoms with van der Waals surface area (Å²) in [5.74, 6) is 0.590. The Morgan fingerprint density at radius 3 is 2.50 bits per heavy atom. The van der Waals surface area contributed by atoms with Gasteiger partial charge in [0.15, 0.2) is 0 Å². The Morgan fingerprint density at radius 1 is 1.25 bits per heavy atom. The molecule has 20 heavy (non-hydrogen) atoms. The van der Waals surface area contributed by atoms with Crippen LogP contribution >= 0.6 is 0 Å². The van der Waals surface area contributed by atoms with Crippen LogP contribution < -0.4 is 10.1 Å². The van der Waals surface area contributed by atoms with Crippen molar-refractivity contribution in [3.8, 4) is 5.75 Å². The van der Waals surface area contributed by atoms with E-state index < -0.39 is 0 Å². The van der Waals surface area contributed by atoms with Crippen LogP contribution in [0.2, 0.25) is 0 Å². The van der Waals surface area contributed by atoms with E-state index in [2.05, 4.69) is 10.4 Å². The highest BCUT2D eigenvalue weighted by Crippen LogP contribution is 2.13. The molecule has 0 spiro atoms. The number of hydrogen-bond acceptors (Lipinski definition) is 3. The summed E-state index contributed by atoms with van der Waals surface area (Å²) in [5.41, 5.74) is 2.51. The minimum Gasteiger partial charge on any atom is -0.497 e. The van der Waals surface area contributed by atoms with Crippen LogP contribution in [0.15, 0.2) is 24.3 Å². The number of nitrogens with one attached hydrogen (secondary N) is 1. The number of aromatic nitrogens is 2. The van der Waals surface area contributed by atoms with E-state index in [0.29, 0.717) is 25.2 Å². The van der Waals surface area contributed by atoms with Crippen molar-refractivity contribution in [3.05, 3.63) is 47.0 Å². The highest BCUT2D eigenvalue weighted by molar-refractivity contribution is 5.27. The lowest BCUT2D eigenvalue weighted by atomic mass is 10.2. The summed E-state index contributed by atoms with van der Waals surface area (Å²) >= 11 is 0. The molecule has 0 amide bonds. The van der Waals surface area contributed by atoms with Gasteiger partial charge in [0.25, 0.3) is 0 Å². The number of nitrogens with zero attached hydrogens (tertiary/aromatic N) is 2. The van der Waals surface area contributed by atoms with E-state index in [-0.39, 0.29) is 5.95 Å². The number of aryl methyl sites for hydroxylation is 2. The monoisotopic (exact) mass is 277 g/mol. The summed E-state index contributed by atoms with van der Waals surface area (Å²) in [6.07, 6.45) is 0. The van der Waals surface area contributed by atoms with Crippen molar-refractivity contribution in [3.63, 3.8) is 0 Å². The smallest absolute Gasteiger partial charge is 0.216 e. The number of rotatable bonds is 6. The molecule has 0 unspecified atom stereocenters. The van der Waals surface area contributed by atoms with Gasteiger partial charge in [-0.3, -0.25) is 0 Å². The number of ether oxygens (including phenoxy) is 1. The van der Waals surface area contributed by atoms with E-state index in [1.54, 1.807) is 7.11 Å². The Bertz CT molecular complexity index is 563. The van der Waals surface area contributed by atoms with Crippen LogP contribution in [0.1, 0.15) is 23.7 Å². The van der Waals surface area contributed by atoms with Gasteiger partial charge in [0.05, 0.1) is 12.8 Å². The largest absolute Gasteiger partial charge is 0.497 e. The van der Waals surface area contributed by atoms with Crippen molar-refractivity contribution < 1.29 is 9.13 Å². The minimum atomic E-state index is -0.243. The molecule has 0 aliphatic rings.